The molecule has 1 aliphatic rings. The molecule has 0 fully saturated rings. The van der Waals surface area contributed by atoms with E-state index in [0.717, 1.165) is 5.56 Å². The van der Waals surface area contributed by atoms with Crippen LogP contribution in [-0.2, 0) is 21.4 Å². The van der Waals surface area contributed by atoms with Crippen molar-refractivity contribution in [3.8, 4) is 0 Å². The van der Waals surface area contributed by atoms with E-state index in [2.05, 4.69) is 4.40 Å². The number of amidine groups is 1. The molecule has 1 aliphatic heterocycles. The summed E-state index contributed by atoms with van der Waals surface area (Å²) >= 11 is 0. The number of fused-ring (bicyclic) bond motifs is 1. The smallest absolute Gasteiger partial charge is 0.285 e. The van der Waals surface area contributed by atoms with E-state index in [1.807, 2.05) is 37.3 Å². The van der Waals surface area contributed by atoms with Gasteiger partial charge in [0.2, 0.25) is 5.91 Å². The van der Waals surface area contributed by atoms with Crippen LogP contribution in [0.15, 0.2) is 63.9 Å². The lowest BCUT2D eigenvalue weighted by molar-refractivity contribution is -0.131. The van der Waals surface area contributed by atoms with Gasteiger partial charge in [-0.2, -0.15) is 8.42 Å². The first-order chi connectivity index (χ1) is 12.4. The van der Waals surface area contributed by atoms with Crippen LogP contribution in [0, 0.1) is 0 Å². The van der Waals surface area contributed by atoms with Crippen molar-refractivity contribution >= 4 is 21.8 Å². The molecule has 2 aromatic carbocycles. The molecular weight excluding hydrogens is 350 g/mol. The first-order valence-electron chi connectivity index (χ1n) is 8.39. The van der Waals surface area contributed by atoms with E-state index >= 15 is 0 Å². The van der Waals surface area contributed by atoms with Crippen LogP contribution in [0.25, 0.3) is 0 Å². The number of benzene rings is 2. The van der Waals surface area contributed by atoms with Gasteiger partial charge in [0.05, 0.1) is 6.54 Å². The van der Waals surface area contributed by atoms with Crippen LogP contribution in [0.2, 0.25) is 0 Å². The number of carbonyl (C=O) groups is 1. The molecule has 0 atom stereocenters. The van der Waals surface area contributed by atoms with Crippen molar-refractivity contribution in [2.45, 2.75) is 18.4 Å². The van der Waals surface area contributed by atoms with Gasteiger partial charge < -0.3 is 9.80 Å². The molecule has 0 saturated heterocycles. The highest BCUT2D eigenvalue weighted by molar-refractivity contribution is 7.90. The van der Waals surface area contributed by atoms with Crippen molar-refractivity contribution < 1.29 is 13.2 Å². The molecule has 0 saturated carbocycles. The number of carbonyl (C=O) groups excluding carboxylic acids is 1. The highest BCUT2D eigenvalue weighted by Crippen LogP contribution is 2.26. The average molecular weight is 371 g/mol. The summed E-state index contributed by atoms with van der Waals surface area (Å²) in [4.78, 5) is 16.2. The van der Waals surface area contributed by atoms with E-state index in [1.54, 1.807) is 35.0 Å². The molecule has 0 aromatic heterocycles. The maximum Gasteiger partial charge on any atom is 0.285 e. The van der Waals surface area contributed by atoms with Gasteiger partial charge >= 0.3 is 0 Å². The van der Waals surface area contributed by atoms with Crippen LogP contribution in [0.5, 0.6) is 0 Å². The Morgan fingerprint density at radius 1 is 1.04 bits per heavy atom. The van der Waals surface area contributed by atoms with Gasteiger partial charge in [-0.25, -0.2) is 0 Å². The summed E-state index contributed by atoms with van der Waals surface area (Å²) in [6.07, 6.45) is 0. The monoisotopic (exact) mass is 371 g/mol. The molecule has 2 aromatic rings. The zero-order valence-electron chi connectivity index (χ0n) is 14.8. The maximum absolute atomic E-state index is 12.7. The summed E-state index contributed by atoms with van der Waals surface area (Å²) in [7, 11) is -2.00. The molecule has 0 bridgehead atoms. The van der Waals surface area contributed by atoms with Gasteiger partial charge in [0.15, 0.2) is 5.84 Å². The second kappa shape index (κ2) is 7.29. The summed E-state index contributed by atoms with van der Waals surface area (Å²) in [6, 6.07) is 16.4. The van der Waals surface area contributed by atoms with Crippen molar-refractivity contribution in [2.75, 3.05) is 20.1 Å². The number of sulfonamides is 1. The zero-order valence-corrected chi connectivity index (χ0v) is 15.6. The maximum atomic E-state index is 12.7. The predicted molar refractivity (Wildman–Crippen MR) is 100 cm³/mol. The van der Waals surface area contributed by atoms with Crippen molar-refractivity contribution in [1.82, 2.24) is 9.80 Å². The van der Waals surface area contributed by atoms with Crippen LogP contribution in [0.4, 0.5) is 0 Å². The summed E-state index contributed by atoms with van der Waals surface area (Å²) in [5.41, 5.74) is 1.59. The Kier molecular flexibility index (Phi) is 5.08. The van der Waals surface area contributed by atoms with Gasteiger partial charge in [-0.15, -0.1) is 4.40 Å². The Morgan fingerprint density at radius 3 is 2.38 bits per heavy atom. The summed E-state index contributed by atoms with van der Waals surface area (Å²) < 4.78 is 28.2. The summed E-state index contributed by atoms with van der Waals surface area (Å²) in [6.45, 7) is 3.07. The lowest BCUT2D eigenvalue weighted by Gasteiger charge is -2.25. The highest BCUT2D eigenvalue weighted by Gasteiger charge is 2.31. The molecule has 136 valence electrons. The SMILES string of the molecule is CCN(Cc1ccccc1)C(=O)CN(C)C1=NS(=O)(=O)c2ccccc21. The third-order valence-corrected chi connectivity index (χ3v) is 5.62. The molecule has 1 amide bonds. The number of hydrogen-bond donors (Lipinski definition) is 0. The minimum absolute atomic E-state index is 0.0589. The molecule has 0 unspecified atom stereocenters. The Morgan fingerprint density at radius 2 is 1.69 bits per heavy atom. The van der Waals surface area contributed by atoms with E-state index in [0.29, 0.717) is 24.5 Å². The third-order valence-electron chi connectivity index (χ3n) is 4.30. The van der Waals surface area contributed by atoms with Gasteiger partial charge in [0.1, 0.15) is 4.90 Å². The molecule has 0 spiro atoms. The van der Waals surface area contributed by atoms with Gasteiger partial charge in [-0.1, -0.05) is 42.5 Å². The standard InChI is InChI=1S/C19H21N3O3S/c1-3-22(13-15-9-5-4-6-10-15)18(23)14-21(2)19-16-11-7-8-12-17(16)26(24,25)20-19/h4-12H,3,13-14H2,1-2H3. The number of likely N-dealkylation sites (N-methyl/N-ethyl adjacent to an activating group) is 2. The number of amides is 1. The molecule has 3 rings (SSSR count). The molecule has 0 aliphatic carbocycles. The summed E-state index contributed by atoms with van der Waals surface area (Å²) in [5.74, 6) is 0.230. The second-order valence-corrected chi connectivity index (χ2v) is 7.71. The van der Waals surface area contributed by atoms with E-state index in [-0.39, 0.29) is 17.3 Å². The number of hydrogen-bond acceptors (Lipinski definition) is 4. The molecule has 7 heteroatoms. The van der Waals surface area contributed by atoms with Gasteiger partial charge in [-0.05, 0) is 24.6 Å². The van der Waals surface area contributed by atoms with E-state index in [9.17, 15) is 13.2 Å². The quantitative estimate of drug-likeness (QED) is 0.807. The molecular formula is C19H21N3O3S. The lowest BCUT2D eigenvalue weighted by Crippen LogP contribution is -2.40. The Balaban J connectivity index is 1.75. The minimum Gasteiger partial charge on any atom is -0.349 e. The molecule has 1 heterocycles. The van der Waals surface area contributed by atoms with Gasteiger partial charge in [0, 0.05) is 25.7 Å². The Bertz CT molecular complexity index is 940. The van der Waals surface area contributed by atoms with E-state index < -0.39 is 10.0 Å². The average Bonchev–Trinajstić information content (AvgIpc) is 2.92. The first-order valence-corrected chi connectivity index (χ1v) is 9.83. The molecule has 0 N–H and O–H groups in total. The van der Waals surface area contributed by atoms with Crippen molar-refractivity contribution in [2.24, 2.45) is 4.40 Å². The normalized spacial score (nSPS) is 14.5. The van der Waals surface area contributed by atoms with Crippen molar-refractivity contribution in [1.29, 1.82) is 0 Å². The van der Waals surface area contributed by atoms with E-state index in [4.69, 9.17) is 0 Å². The molecule has 6 nitrogen and oxygen atoms in total. The topological polar surface area (TPSA) is 70.1 Å². The number of rotatable bonds is 5. The van der Waals surface area contributed by atoms with Crippen LogP contribution in [-0.4, -0.2) is 50.1 Å². The summed E-state index contributed by atoms with van der Waals surface area (Å²) in [5, 5.41) is 0. The minimum atomic E-state index is -3.69. The largest absolute Gasteiger partial charge is 0.349 e. The predicted octanol–water partition coefficient (Wildman–Crippen LogP) is 2.12. The van der Waals surface area contributed by atoms with Crippen LogP contribution in [0.3, 0.4) is 0 Å². The van der Waals surface area contributed by atoms with Gasteiger partial charge in [0.25, 0.3) is 10.0 Å². The zero-order chi connectivity index (χ0) is 18.7. The lowest BCUT2D eigenvalue weighted by atomic mass is 10.2. The third kappa shape index (κ3) is 3.62. The second-order valence-electron chi connectivity index (χ2n) is 6.14. The van der Waals surface area contributed by atoms with Crippen molar-refractivity contribution in [3.05, 3.63) is 65.7 Å². The highest BCUT2D eigenvalue weighted by atomic mass is 32.2. The fourth-order valence-electron chi connectivity index (χ4n) is 2.92. The van der Waals surface area contributed by atoms with Crippen LogP contribution in [0.1, 0.15) is 18.1 Å². The fourth-order valence-corrected chi connectivity index (χ4v) is 4.17. The molecule has 26 heavy (non-hydrogen) atoms. The Hall–Kier alpha value is -2.67. The van der Waals surface area contributed by atoms with E-state index in [1.165, 1.54) is 6.07 Å². The Labute approximate surface area is 153 Å². The van der Waals surface area contributed by atoms with Gasteiger partial charge in [-0.3, -0.25) is 4.79 Å². The van der Waals surface area contributed by atoms with Crippen LogP contribution >= 0.6 is 0 Å². The molecule has 0 radical (unpaired) electrons. The fraction of sp³-hybridized carbons (Fsp3) is 0.263. The van der Waals surface area contributed by atoms with Crippen molar-refractivity contribution in [3.63, 3.8) is 0 Å². The first kappa shape index (κ1) is 18.1. The van der Waals surface area contributed by atoms with Crippen LogP contribution < -0.4 is 0 Å². The number of nitrogens with zero attached hydrogens (tertiary/aromatic N) is 3.